The molecule has 0 fully saturated rings. The van der Waals surface area contributed by atoms with E-state index in [1.165, 1.54) is 11.9 Å². The Labute approximate surface area is 214 Å². The SMILES string of the molecule is CC(=O)OCOn1cc(C(=O)NN(Cc2ccc(-c3cc(Cl)ccc3Cl)cc2)C[C@@H](O)C(=O)O)nn1. The lowest BCUT2D eigenvalue weighted by Crippen LogP contribution is -2.47. The average Bonchev–Trinajstić information content (AvgIpc) is 3.30. The number of aliphatic hydroxyl groups excluding tert-OH is 1. The van der Waals surface area contributed by atoms with Gasteiger partial charge in [0.2, 0.25) is 0 Å². The minimum atomic E-state index is -1.77. The Hall–Kier alpha value is -3.71. The van der Waals surface area contributed by atoms with Gasteiger partial charge in [0.25, 0.3) is 12.7 Å². The number of aliphatic hydroxyl groups is 1. The van der Waals surface area contributed by atoms with E-state index in [0.717, 1.165) is 22.2 Å². The molecule has 12 nitrogen and oxygen atoms in total. The molecule has 0 saturated carbocycles. The fraction of sp³-hybridized carbons (Fsp3) is 0.227. The molecule has 36 heavy (non-hydrogen) atoms. The van der Waals surface area contributed by atoms with Gasteiger partial charge in [0.05, 0.1) is 6.54 Å². The lowest BCUT2D eigenvalue weighted by Gasteiger charge is -2.24. The molecule has 0 unspecified atom stereocenters. The maximum Gasteiger partial charge on any atom is 0.333 e. The predicted octanol–water partition coefficient (Wildman–Crippen LogP) is 1.79. The number of nitrogens with zero attached hydrogens (tertiary/aromatic N) is 4. The van der Waals surface area contributed by atoms with Crippen LogP contribution in [0, 0.1) is 0 Å². The van der Waals surface area contributed by atoms with Crippen LogP contribution >= 0.6 is 23.2 Å². The number of hydrogen-bond acceptors (Lipinski definition) is 9. The van der Waals surface area contributed by atoms with Crippen LogP contribution in [0.4, 0.5) is 0 Å². The quantitative estimate of drug-likeness (QED) is 0.187. The number of carboxylic acid groups (broad SMARTS) is 1. The number of halogens is 2. The Morgan fingerprint density at radius 3 is 2.56 bits per heavy atom. The average molecular weight is 538 g/mol. The first-order valence-corrected chi connectivity index (χ1v) is 11.1. The number of carboxylic acids is 1. The minimum Gasteiger partial charge on any atom is -0.479 e. The molecule has 0 aliphatic carbocycles. The Balaban J connectivity index is 1.71. The van der Waals surface area contributed by atoms with Gasteiger partial charge in [0.1, 0.15) is 6.20 Å². The normalized spacial score (nSPS) is 11.7. The summed E-state index contributed by atoms with van der Waals surface area (Å²) in [4.78, 5) is 40.4. The van der Waals surface area contributed by atoms with Gasteiger partial charge in [0, 0.05) is 29.1 Å². The predicted molar refractivity (Wildman–Crippen MR) is 127 cm³/mol. The van der Waals surface area contributed by atoms with E-state index in [9.17, 15) is 19.5 Å². The van der Waals surface area contributed by atoms with E-state index in [1.54, 1.807) is 42.5 Å². The highest BCUT2D eigenvalue weighted by atomic mass is 35.5. The highest BCUT2D eigenvalue weighted by molar-refractivity contribution is 6.35. The van der Waals surface area contributed by atoms with E-state index in [-0.39, 0.29) is 12.2 Å². The first kappa shape index (κ1) is 26.9. The zero-order valence-electron chi connectivity index (χ0n) is 18.8. The molecular formula is C22H21Cl2N5O7. The first-order valence-electron chi connectivity index (χ1n) is 10.3. The number of ether oxygens (including phenoxy) is 1. The largest absolute Gasteiger partial charge is 0.479 e. The molecule has 1 atom stereocenters. The second-order valence-corrected chi connectivity index (χ2v) is 8.23. The summed E-state index contributed by atoms with van der Waals surface area (Å²) in [7, 11) is 0. The summed E-state index contributed by atoms with van der Waals surface area (Å²) in [6.07, 6.45) is -0.633. The molecule has 1 amide bonds. The van der Waals surface area contributed by atoms with Gasteiger partial charge in [-0.3, -0.25) is 15.0 Å². The Bertz CT molecular complexity index is 1240. The molecule has 0 bridgehead atoms. The molecule has 1 aromatic heterocycles. The fourth-order valence-electron chi connectivity index (χ4n) is 2.95. The fourth-order valence-corrected chi connectivity index (χ4v) is 3.34. The van der Waals surface area contributed by atoms with Gasteiger partial charge in [-0.05, 0) is 34.5 Å². The van der Waals surface area contributed by atoms with Crippen molar-refractivity contribution in [3.63, 3.8) is 0 Å². The third-order valence-corrected chi connectivity index (χ3v) is 5.22. The third-order valence-electron chi connectivity index (χ3n) is 4.66. The van der Waals surface area contributed by atoms with Crippen molar-refractivity contribution in [3.8, 4) is 11.1 Å². The molecule has 1 heterocycles. The number of hydrazine groups is 1. The number of carbonyl (C=O) groups excluding carboxylic acids is 2. The molecule has 3 aromatic rings. The van der Waals surface area contributed by atoms with Gasteiger partial charge in [-0.25, -0.2) is 9.80 Å². The van der Waals surface area contributed by atoms with Crippen LogP contribution < -0.4 is 10.3 Å². The number of benzene rings is 2. The zero-order chi connectivity index (χ0) is 26.2. The maximum absolute atomic E-state index is 12.6. The van der Waals surface area contributed by atoms with E-state index >= 15 is 0 Å². The third kappa shape index (κ3) is 7.65. The highest BCUT2D eigenvalue weighted by Gasteiger charge is 2.22. The van der Waals surface area contributed by atoms with Crippen LogP contribution in [0.2, 0.25) is 10.0 Å². The molecule has 2 aromatic carbocycles. The lowest BCUT2D eigenvalue weighted by atomic mass is 10.0. The zero-order valence-corrected chi connectivity index (χ0v) is 20.3. The molecule has 0 spiro atoms. The van der Waals surface area contributed by atoms with Crippen molar-refractivity contribution >= 4 is 41.0 Å². The molecule has 3 rings (SSSR count). The molecule has 0 aliphatic heterocycles. The number of esters is 1. The molecule has 0 saturated heterocycles. The van der Waals surface area contributed by atoms with E-state index in [1.807, 2.05) is 0 Å². The lowest BCUT2D eigenvalue weighted by molar-refractivity contribution is -0.155. The van der Waals surface area contributed by atoms with E-state index in [4.69, 9.17) is 33.1 Å². The highest BCUT2D eigenvalue weighted by Crippen LogP contribution is 2.30. The van der Waals surface area contributed by atoms with Crippen molar-refractivity contribution in [2.24, 2.45) is 0 Å². The van der Waals surface area contributed by atoms with Gasteiger partial charge >= 0.3 is 11.9 Å². The molecule has 14 heteroatoms. The monoisotopic (exact) mass is 537 g/mol. The van der Waals surface area contributed by atoms with Crippen molar-refractivity contribution < 1.29 is 34.2 Å². The Morgan fingerprint density at radius 1 is 1.17 bits per heavy atom. The van der Waals surface area contributed by atoms with Gasteiger partial charge in [0.15, 0.2) is 11.8 Å². The maximum atomic E-state index is 12.6. The van der Waals surface area contributed by atoms with Crippen molar-refractivity contribution in [3.05, 3.63) is 70.0 Å². The van der Waals surface area contributed by atoms with E-state index in [0.29, 0.717) is 15.6 Å². The summed E-state index contributed by atoms with van der Waals surface area (Å²) in [6, 6.07) is 12.2. The Kier molecular flexibility index (Phi) is 9.19. The van der Waals surface area contributed by atoms with E-state index < -0.39 is 37.3 Å². The summed E-state index contributed by atoms with van der Waals surface area (Å²) in [6.45, 7) is 0.396. The number of rotatable bonds is 11. The van der Waals surface area contributed by atoms with Gasteiger partial charge in [-0.1, -0.05) is 52.3 Å². The van der Waals surface area contributed by atoms with Crippen LogP contribution in [-0.4, -0.2) is 67.7 Å². The van der Waals surface area contributed by atoms with E-state index in [2.05, 4.69) is 20.5 Å². The molecule has 0 aliphatic rings. The van der Waals surface area contributed by atoms with Crippen molar-refractivity contribution in [1.29, 1.82) is 0 Å². The molecule has 0 radical (unpaired) electrons. The number of carbonyl (C=O) groups is 3. The smallest absolute Gasteiger partial charge is 0.333 e. The van der Waals surface area contributed by atoms with Crippen molar-refractivity contribution in [2.75, 3.05) is 13.3 Å². The second kappa shape index (κ2) is 12.3. The van der Waals surface area contributed by atoms with Crippen LogP contribution in [-0.2, 0) is 20.9 Å². The topological polar surface area (TPSA) is 156 Å². The number of aliphatic carboxylic acids is 1. The van der Waals surface area contributed by atoms with Crippen molar-refractivity contribution in [1.82, 2.24) is 25.6 Å². The van der Waals surface area contributed by atoms with Gasteiger partial charge in [-0.15, -0.1) is 5.10 Å². The van der Waals surface area contributed by atoms with Crippen molar-refractivity contribution in [2.45, 2.75) is 19.6 Å². The van der Waals surface area contributed by atoms with Crippen LogP contribution in [0.5, 0.6) is 0 Å². The number of amides is 1. The van der Waals surface area contributed by atoms with Gasteiger partial charge in [-0.2, -0.15) is 0 Å². The molecule has 3 N–H and O–H groups in total. The summed E-state index contributed by atoms with van der Waals surface area (Å²) in [5.74, 6) is -2.76. The van der Waals surface area contributed by atoms with Crippen LogP contribution in [0.3, 0.4) is 0 Å². The summed E-state index contributed by atoms with van der Waals surface area (Å²) >= 11 is 12.3. The standard InChI is InChI=1S/C22H21Cl2N5O7/c1-13(30)35-12-36-29-10-19(25-27-29)21(32)26-28(11-20(31)22(33)34)9-14-2-4-15(5-3-14)17-8-16(23)6-7-18(17)24/h2-8,10,20,31H,9,11-12H2,1H3,(H,26,32)(H,33,34)/t20-/m1/s1. The Morgan fingerprint density at radius 2 is 1.89 bits per heavy atom. The first-order chi connectivity index (χ1) is 17.1. The molecule has 190 valence electrons. The van der Waals surface area contributed by atoms with Crippen LogP contribution in [0.15, 0.2) is 48.7 Å². The summed E-state index contributed by atoms with van der Waals surface area (Å²) in [5.41, 5.74) is 4.56. The summed E-state index contributed by atoms with van der Waals surface area (Å²) in [5, 5.41) is 28.4. The minimum absolute atomic E-state index is 0.0523. The van der Waals surface area contributed by atoms with Gasteiger partial charge < -0.3 is 19.8 Å². The number of aromatic nitrogens is 3. The van der Waals surface area contributed by atoms with Crippen LogP contribution in [0.1, 0.15) is 23.0 Å². The molecular weight excluding hydrogens is 517 g/mol. The number of nitrogens with one attached hydrogen (secondary N) is 1. The summed E-state index contributed by atoms with van der Waals surface area (Å²) < 4.78 is 4.61. The van der Waals surface area contributed by atoms with Crippen LogP contribution in [0.25, 0.3) is 11.1 Å². The second-order valence-electron chi connectivity index (χ2n) is 7.39. The number of hydrogen-bond donors (Lipinski definition) is 3.